The molecular formula is C27H32Cl2F3N3O4S. The average Bonchev–Trinajstić information content (AvgIpc) is 2.84. The minimum Gasteiger partial charge on any atom is -0.444 e. The van der Waals surface area contributed by atoms with Crippen molar-refractivity contribution < 1.29 is 32.2 Å². The van der Waals surface area contributed by atoms with Gasteiger partial charge in [-0.25, -0.2) is 4.79 Å². The second-order valence-electron chi connectivity index (χ2n) is 10.1. The van der Waals surface area contributed by atoms with Crippen LogP contribution in [0.2, 0.25) is 10.0 Å². The molecule has 0 aromatic heterocycles. The Kier molecular flexibility index (Phi) is 10.9. The molecule has 2 aromatic rings. The molecule has 0 atom stereocenters. The van der Waals surface area contributed by atoms with E-state index in [2.05, 4.69) is 10.1 Å². The Hall–Kier alpha value is -2.34. The Balaban J connectivity index is 1.74. The molecule has 220 valence electrons. The van der Waals surface area contributed by atoms with Gasteiger partial charge in [-0.2, -0.15) is 0 Å². The molecule has 3 rings (SSSR count). The van der Waals surface area contributed by atoms with Crippen LogP contribution in [0.15, 0.2) is 35.2 Å². The smallest absolute Gasteiger partial charge is 0.444 e. The van der Waals surface area contributed by atoms with Crippen molar-refractivity contribution >= 4 is 47.0 Å². The van der Waals surface area contributed by atoms with Crippen molar-refractivity contribution in [1.82, 2.24) is 15.1 Å². The van der Waals surface area contributed by atoms with Gasteiger partial charge >= 0.3 is 12.5 Å². The number of carbonyl (C=O) groups excluding carboxylic acids is 2. The lowest BCUT2D eigenvalue weighted by Gasteiger charge is -2.36. The van der Waals surface area contributed by atoms with Gasteiger partial charge in [0.2, 0.25) is 0 Å². The molecule has 1 aliphatic rings. The summed E-state index contributed by atoms with van der Waals surface area (Å²) in [6, 6.07) is 7.71. The van der Waals surface area contributed by atoms with Crippen LogP contribution in [0, 0.1) is 0 Å². The second kappa shape index (κ2) is 13.5. The van der Waals surface area contributed by atoms with Crippen molar-refractivity contribution in [1.29, 1.82) is 0 Å². The van der Waals surface area contributed by atoms with Gasteiger partial charge in [0.05, 0.1) is 0 Å². The van der Waals surface area contributed by atoms with E-state index < -0.39 is 29.7 Å². The van der Waals surface area contributed by atoms with Gasteiger partial charge in [-0.1, -0.05) is 30.1 Å². The SMILES string of the molecule is CCSc1ccc(Cl)cc1CNC(=O)c1cc(Cl)c(CN2CCN(C(=O)OC(C)(C)C)CC2)c(OC(F)(F)F)c1. The number of carbonyl (C=O) groups is 2. The van der Waals surface area contributed by atoms with Crippen LogP contribution in [0.1, 0.15) is 49.2 Å². The lowest BCUT2D eigenvalue weighted by molar-refractivity contribution is -0.275. The normalized spacial score (nSPS) is 14.7. The maximum Gasteiger partial charge on any atom is 0.573 e. The van der Waals surface area contributed by atoms with E-state index in [9.17, 15) is 22.8 Å². The van der Waals surface area contributed by atoms with E-state index in [1.807, 2.05) is 17.9 Å². The maximum absolute atomic E-state index is 13.3. The van der Waals surface area contributed by atoms with Crippen LogP contribution in [0.25, 0.3) is 0 Å². The molecule has 0 saturated carbocycles. The van der Waals surface area contributed by atoms with E-state index in [-0.39, 0.29) is 29.2 Å². The Bertz CT molecular complexity index is 1220. The number of halogens is 5. The predicted molar refractivity (Wildman–Crippen MR) is 150 cm³/mol. The molecule has 0 radical (unpaired) electrons. The van der Waals surface area contributed by atoms with Crippen LogP contribution in [-0.2, 0) is 17.8 Å². The summed E-state index contributed by atoms with van der Waals surface area (Å²) in [6.07, 6.45) is -5.44. The van der Waals surface area contributed by atoms with E-state index >= 15 is 0 Å². The summed E-state index contributed by atoms with van der Waals surface area (Å²) >= 11 is 14.1. The highest BCUT2D eigenvalue weighted by molar-refractivity contribution is 7.99. The summed E-state index contributed by atoms with van der Waals surface area (Å²) in [7, 11) is 0. The second-order valence-corrected chi connectivity index (χ2v) is 12.2. The molecule has 2 aromatic carbocycles. The first-order valence-corrected chi connectivity index (χ1v) is 14.4. The number of benzene rings is 2. The van der Waals surface area contributed by atoms with Crippen molar-refractivity contribution in [2.75, 3.05) is 31.9 Å². The first-order valence-electron chi connectivity index (χ1n) is 12.6. The van der Waals surface area contributed by atoms with Crippen LogP contribution < -0.4 is 10.1 Å². The highest BCUT2D eigenvalue weighted by Gasteiger charge is 2.34. The molecule has 0 unspecified atom stereocenters. The standard InChI is InChI=1S/C27H32Cl2F3N3O4S/c1-5-40-23-7-6-19(28)12-18(23)15-33-24(36)17-13-21(29)20(22(14-17)38-27(30,31)32)16-34-8-10-35(11-9-34)25(37)39-26(2,3)4/h6-7,12-14H,5,8-11,15-16H2,1-4H3,(H,33,36). The molecule has 7 nitrogen and oxygen atoms in total. The lowest BCUT2D eigenvalue weighted by atomic mass is 10.1. The number of ether oxygens (including phenoxy) is 2. The number of nitrogens with zero attached hydrogens (tertiary/aromatic N) is 2. The molecule has 1 heterocycles. The zero-order valence-corrected chi connectivity index (χ0v) is 25.0. The molecule has 1 N–H and O–H groups in total. The Labute approximate surface area is 246 Å². The van der Waals surface area contributed by atoms with E-state index in [0.717, 1.165) is 22.3 Å². The van der Waals surface area contributed by atoms with Crippen LogP contribution in [0.4, 0.5) is 18.0 Å². The minimum absolute atomic E-state index is 0.0357. The molecule has 0 bridgehead atoms. The van der Waals surface area contributed by atoms with E-state index in [4.69, 9.17) is 27.9 Å². The number of alkyl halides is 3. The molecule has 0 aliphatic carbocycles. The predicted octanol–water partition coefficient (Wildman–Crippen LogP) is 6.99. The summed E-state index contributed by atoms with van der Waals surface area (Å²) in [5.41, 5.74) is 0.171. The van der Waals surface area contributed by atoms with Gasteiger partial charge in [0.1, 0.15) is 11.4 Å². The van der Waals surface area contributed by atoms with Gasteiger partial charge in [-0.3, -0.25) is 9.69 Å². The third kappa shape index (κ3) is 9.64. The van der Waals surface area contributed by atoms with E-state index in [1.54, 1.807) is 49.6 Å². The maximum atomic E-state index is 13.3. The number of amides is 2. The quantitative estimate of drug-likeness (QED) is 0.320. The van der Waals surface area contributed by atoms with Gasteiger partial charge in [-0.15, -0.1) is 24.9 Å². The van der Waals surface area contributed by atoms with Crippen molar-refractivity contribution in [3.63, 3.8) is 0 Å². The molecule has 40 heavy (non-hydrogen) atoms. The fraction of sp³-hybridized carbons (Fsp3) is 0.481. The third-order valence-electron chi connectivity index (χ3n) is 5.81. The van der Waals surface area contributed by atoms with Crippen molar-refractivity contribution in [2.24, 2.45) is 0 Å². The third-order valence-corrected chi connectivity index (χ3v) is 7.38. The summed E-state index contributed by atoms with van der Waals surface area (Å²) in [6.45, 7) is 8.93. The molecule has 2 amide bonds. The lowest BCUT2D eigenvalue weighted by Crippen LogP contribution is -2.49. The fourth-order valence-electron chi connectivity index (χ4n) is 4.01. The van der Waals surface area contributed by atoms with E-state index in [0.29, 0.717) is 31.2 Å². The van der Waals surface area contributed by atoms with Crippen LogP contribution in [-0.4, -0.2) is 65.7 Å². The summed E-state index contributed by atoms with van der Waals surface area (Å²) in [5, 5.41) is 3.19. The number of hydrogen-bond donors (Lipinski definition) is 1. The zero-order chi connectivity index (χ0) is 29.7. The molecular weight excluding hydrogens is 590 g/mol. The molecule has 13 heteroatoms. The summed E-state index contributed by atoms with van der Waals surface area (Å²) in [5.74, 6) is -0.350. The topological polar surface area (TPSA) is 71.1 Å². The van der Waals surface area contributed by atoms with Crippen molar-refractivity contribution in [3.05, 3.63) is 57.1 Å². The van der Waals surface area contributed by atoms with Crippen LogP contribution >= 0.6 is 35.0 Å². The number of rotatable bonds is 8. The highest BCUT2D eigenvalue weighted by atomic mass is 35.5. The van der Waals surface area contributed by atoms with Gasteiger partial charge in [0.15, 0.2) is 0 Å². The Morgan fingerprint density at radius 1 is 1.05 bits per heavy atom. The van der Waals surface area contributed by atoms with Crippen LogP contribution in [0.3, 0.4) is 0 Å². The van der Waals surface area contributed by atoms with Gasteiger partial charge in [-0.05, 0) is 62.4 Å². The summed E-state index contributed by atoms with van der Waals surface area (Å²) in [4.78, 5) is 29.6. The van der Waals surface area contributed by atoms with Gasteiger partial charge in [0, 0.05) is 65.3 Å². The molecule has 1 saturated heterocycles. The first-order chi connectivity index (χ1) is 18.6. The minimum atomic E-state index is -4.99. The van der Waals surface area contributed by atoms with E-state index in [1.165, 1.54) is 6.07 Å². The van der Waals surface area contributed by atoms with Crippen LogP contribution in [0.5, 0.6) is 5.75 Å². The van der Waals surface area contributed by atoms with Gasteiger partial charge in [0.25, 0.3) is 5.91 Å². The highest BCUT2D eigenvalue weighted by Crippen LogP contribution is 2.34. The summed E-state index contributed by atoms with van der Waals surface area (Å²) < 4.78 is 49.6. The van der Waals surface area contributed by atoms with Crippen molar-refractivity contribution in [2.45, 2.75) is 57.6 Å². The largest absolute Gasteiger partial charge is 0.573 e. The zero-order valence-electron chi connectivity index (χ0n) is 22.7. The molecule has 1 fully saturated rings. The molecule has 1 aliphatic heterocycles. The first kappa shape index (κ1) is 32.2. The van der Waals surface area contributed by atoms with Crippen molar-refractivity contribution in [3.8, 4) is 5.75 Å². The molecule has 0 spiro atoms. The Morgan fingerprint density at radius 2 is 1.73 bits per heavy atom. The number of thioether (sulfide) groups is 1. The number of nitrogens with one attached hydrogen (secondary N) is 1. The number of hydrogen-bond acceptors (Lipinski definition) is 6. The number of piperazine rings is 1. The monoisotopic (exact) mass is 621 g/mol. The Morgan fingerprint density at radius 3 is 2.33 bits per heavy atom. The average molecular weight is 623 g/mol. The van der Waals surface area contributed by atoms with Gasteiger partial charge < -0.3 is 19.7 Å². The fourth-order valence-corrected chi connectivity index (χ4v) is 5.27.